The zero-order valence-electron chi connectivity index (χ0n) is 21.8. The van der Waals surface area contributed by atoms with Gasteiger partial charge in [0.2, 0.25) is 5.91 Å². The third kappa shape index (κ3) is 5.75. The molecule has 1 N–H and O–H groups in total. The summed E-state index contributed by atoms with van der Waals surface area (Å²) in [6.45, 7) is 12.1. The van der Waals surface area contributed by atoms with Crippen LogP contribution in [-0.2, 0) is 16.0 Å². The molecule has 0 spiro atoms. The van der Waals surface area contributed by atoms with Crippen molar-refractivity contribution in [2.24, 2.45) is 5.92 Å². The van der Waals surface area contributed by atoms with Gasteiger partial charge in [-0.3, -0.25) is 9.69 Å². The number of hydrogen-bond acceptors (Lipinski definition) is 6. The first-order valence-electron chi connectivity index (χ1n) is 13.1. The van der Waals surface area contributed by atoms with Gasteiger partial charge in [0.05, 0.1) is 6.07 Å². The van der Waals surface area contributed by atoms with Gasteiger partial charge in [-0.2, -0.15) is 5.26 Å². The highest BCUT2D eigenvalue weighted by molar-refractivity contribution is 5.87. The molecule has 3 fully saturated rings. The number of carbonyl (C=O) groups is 2. The molecule has 2 aliphatic heterocycles. The van der Waals surface area contributed by atoms with Crippen LogP contribution < -0.4 is 10.2 Å². The number of hydrogen-bond donors (Lipinski definition) is 1. The maximum Gasteiger partial charge on any atom is 0.411 e. The average Bonchev–Trinajstić information content (AvgIpc) is 3.45. The molecule has 0 unspecified atom stereocenters. The molecular weight excluding hydrogens is 461 g/mol. The van der Waals surface area contributed by atoms with Crippen molar-refractivity contribution in [3.63, 3.8) is 0 Å². The number of rotatable bonds is 6. The van der Waals surface area contributed by atoms with Crippen LogP contribution in [0.15, 0.2) is 18.2 Å². The van der Waals surface area contributed by atoms with Gasteiger partial charge in [0.1, 0.15) is 23.5 Å². The summed E-state index contributed by atoms with van der Waals surface area (Å²) >= 11 is 0. The minimum Gasteiger partial charge on any atom is -0.444 e. The number of nitrogens with zero attached hydrogens (tertiary/aromatic N) is 4. The Kier molecular flexibility index (Phi) is 7.74. The Morgan fingerprint density at radius 3 is 2.56 bits per heavy atom. The van der Waals surface area contributed by atoms with Crippen LogP contribution in [0.3, 0.4) is 0 Å². The number of carbonyl (C=O) groups excluding carboxylic acids is 2. The van der Waals surface area contributed by atoms with Crippen molar-refractivity contribution in [1.82, 2.24) is 15.1 Å². The summed E-state index contributed by atoms with van der Waals surface area (Å²) in [6.07, 6.45) is 2.04. The van der Waals surface area contributed by atoms with Crippen molar-refractivity contribution >= 4 is 17.7 Å². The van der Waals surface area contributed by atoms with Gasteiger partial charge in [0, 0.05) is 44.3 Å². The second-order valence-corrected chi connectivity index (χ2v) is 11.2. The molecule has 1 aromatic rings. The molecule has 2 heterocycles. The van der Waals surface area contributed by atoms with Crippen molar-refractivity contribution in [2.75, 3.05) is 37.6 Å². The molecule has 1 aromatic carbocycles. The fraction of sp³-hybridized carbons (Fsp3) is 0.667. The lowest BCUT2D eigenvalue weighted by Crippen LogP contribution is -2.55. The van der Waals surface area contributed by atoms with Crippen LogP contribution in [0, 0.1) is 23.1 Å². The smallest absolute Gasteiger partial charge is 0.411 e. The molecule has 4 atom stereocenters. The van der Waals surface area contributed by atoms with Crippen LogP contribution in [0.5, 0.6) is 0 Å². The molecule has 8 nitrogen and oxygen atoms in total. The first kappa shape index (κ1) is 26.2. The number of piperazine rings is 1. The fourth-order valence-corrected chi connectivity index (χ4v) is 5.73. The number of ether oxygens (including phenoxy) is 1. The minimum absolute atomic E-state index is 0.0229. The highest BCUT2D eigenvalue weighted by Crippen LogP contribution is 2.43. The highest BCUT2D eigenvalue weighted by atomic mass is 19.1. The standard InChI is InChI=1S/C27H38FN5O3/c1-5-31-10-12-32(13-11-31)21-8-6-18(23(28)16-21)14-20(17-29)30-25(34)24-19-7-9-22(15-19)33(24)26(35)36-27(2,3)4/h6,8,16,19-20,22,24H,5,7,9-15H2,1-4H3,(H,30,34)/t19-,20-,22+,24-/m0/s1. The molecule has 36 heavy (non-hydrogen) atoms. The molecule has 0 radical (unpaired) electrons. The number of anilines is 1. The van der Waals surface area contributed by atoms with Crippen LogP contribution in [0.25, 0.3) is 0 Å². The second-order valence-electron chi connectivity index (χ2n) is 11.2. The van der Waals surface area contributed by atoms with Crippen LogP contribution >= 0.6 is 0 Å². The first-order chi connectivity index (χ1) is 17.1. The monoisotopic (exact) mass is 499 g/mol. The normalized spacial score (nSPS) is 24.9. The Balaban J connectivity index is 1.40. The third-order valence-electron chi connectivity index (χ3n) is 7.58. The maximum atomic E-state index is 15.0. The summed E-state index contributed by atoms with van der Waals surface area (Å²) in [6, 6.07) is 5.63. The predicted octanol–water partition coefficient (Wildman–Crippen LogP) is 3.31. The largest absolute Gasteiger partial charge is 0.444 e. The van der Waals surface area contributed by atoms with E-state index < -0.39 is 23.8 Å². The number of likely N-dealkylation sites (tertiary alicyclic amines) is 1. The van der Waals surface area contributed by atoms with E-state index in [1.165, 1.54) is 6.07 Å². The van der Waals surface area contributed by atoms with E-state index in [0.717, 1.165) is 57.7 Å². The maximum absolute atomic E-state index is 15.0. The SMILES string of the molecule is CCN1CCN(c2ccc(C[C@@H](C#N)NC(=O)[C@@H]3[C@H]4CC[C@H](C4)N3C(=O)OC(C)(C)C)c(F)c2)CC1. The Hall–Kier alpha value is -2.86. The quantitative estimate of drug-likeness (QED) is 0.646. The Morgan fingerprint density at radius 2 is 1.94 bits per heavy atom. The van der Waals surface area contributed by atoms with Crippen molar-refractivity contribution in [3.05, 3.63) is 29.6 Å². The van der Waals surface area contributed by atoms with Gasteiger partial charge in [-0.25, -0.2) is 9.18 Å². The van der Waals surface area contributed by atoms with Gasteiger partial charge in [0.15, 0.2) is 0 Å². The number of benzene rings is 1. The number of amides is 2. The summed E-state index contributed by atoms with van der Waals surface area (Å²) in [5.41, 5.74) is 0.553. The summed E-state index contributed by atoms with van der Waals surface area (Å²) in [5, 5.41) is 12.5. The van der Waals surface area contributed by atoms with E-state index in [9.17, 15) is 14.9 Å². The third-order valence-corrected chi connectivity index (χ3v) is 7.58. The van der Waals surface area contributed by atoms with Gasteiger partial charge in [-0.15, -0.1) is 0 Å². The lowest BCUT2D eigenvalue weighted by molar-refractivity contribution is -0.128. The molecule has 1 aliphatic carbocycles. The van der Waals surface area contributed by atoms with Gasteiger partial charge in [0.25, 0.3) is 0 Å². The van der Waals surface area contributed by atoms with E-state index in [-0.39, 0.29) is 30.1 Å². The molecule has 1 saturated carbocycles. The molecule has 196 valence electrons. The number of piperidine rings is 1. The summed E-state index contributed by atoms with van der Waals surface area (Å²) in [5.74, 6) is -0.702. The number of likely N-dealkylation sites (N-methyl/N-ethyl adjacent to an activating group) is 1. The molecule has 0 aromatic heterocycles. The van der Waals surface area contributed by atoms with E-state index in [2.05, 4.69) is 28.1 Å². The van der Waals surface area contributed by atoms with Crippen LogP contribution in [0.1, 0.15) is 52.5 Å². The van der Waals surface area contributed by atoms with E-state index in [1.54, 1.807) is 31.7 Å². The van der Waals surface area contributed by atoms with Crippen LogP contribution in [-0.4, -0.2) is 78.3 Å². The zero-order chi connectivity index (χ0) is 26.0. The number of fused-ring (bicyclic) bond motifs is 2. The Morgan fingerprint density at radius 1 is 1.22 bits per heavy atom. The van der Waals surface area contributed by atoms with Crippen molar-refractivity contribution in [3.8, 4) is 6.07 Å². The minimum atomic E-state index is -0.898. The summed E-state index contributed by atoms with van der Waals surface area (Å²) in [4.78, 5) is 32.2. The predicted molar refractivity (Wildman–Crippen MR) is 135 cm³/mol. The van der Waals surface area contributed by atoms with Gasteiger partial charge >= 0.3 is 6.09 Å². The number of nitrogens with one attached hydrogen (secondary N) is 1. The van der Waals surface area contributed by atoms with Crippen LogP contribution in [0.2, 0.25) is 0 Å². The summed E-state index contributed by atoms with van der Waals surface area (Å²) < 4.78 is 20.6. The molecule has 4 rings (SSSR count). The van der Waals surface area contributed by atoms with E-state index in [4.69, 9.17) is 4.74 Å². The summed E-state index contributed by atoms with van der Waals surface area (Å²) in [7, 11) is 0. The van der Waals surface area contributed by atoms with E-state index >= 15 is 4.39 Å². The first-order valence-corrected chi connectivity index (χ1v) is 13.1. The lowest BCUT2D eigenvalue weighted by Gasteiger charge is -2.36. The molecule has 3 aliphatic rings. The van der Waals surface area contributed by atoms with Crippen LogP contribution in [0.4, 0.5) is 14.9 Å². The van der Waals surface area contributed by atoms with Gasteiger partial charge in [-0.05, 0) is 70.2 Å². The molecule has 2 bridgehead atoms. The van der Waals surface area contributed by atoms with Gasteiger partial charge in [-0.1, -0.05) is 13.0 Å². The zero-order valence-corrected chi connectivity index (χ0v) is 21.8. The Labute approximate surface area is 213 Å². The van der Waals surface area contributed by atoms with E-state index in [0.29, 0.717) is 5.56 Å². The lowest BCUT2D eigenvalue weighted by atomic mass is 9.97. The topological polar surface area (TPSA) is 88.9 Å². The molecule has 2 amide bonds. The Bertz CT molecular complexity index is 1010. The highest BCUT2D eigenvalue weighted by Gasteiger charge is 2.52. The number of nitriles is 1. The second kappa shape index (κ2) is 10.6. The molecule has 9 heteroatoms. The fourth-order valence-electron chi connectivity index (χ4n) is 5.73. The van der Waals surface area contributed by atoms with Gasteiger partial charge < -0.3 is 19.9 Å². The molecular formula is C27H38FN5O3. The van der Waals surface area contributed by atoms with E-state index in [1.807, 2.05) is 6.07 Å². The van der Waals surface area contributed by atoms with Crippen molar-refractivity contribution in [1.29, 1.82) is 5.26 Å². The molecule has 2 saturated heterocycles. The number of halogens is 1. The average molecular weight is 500 g/mol. The van der Waals surface area contributed by atoms with Crippen molar-refractivity contribution in [2.45, 2.75) is 77.1 Å². The van der Waals surface area contributed by atoms with Crippen molar-refractivity contribution < 1.29 is 18.7 Å².